The van der Waals surface area contributed by atoms with Crippen LogP contribution in [0.25, 0.3) is 0 Å². The van der Waals surface area contributed by atoms with E-state index in [-0.39, 0.29) is 12.5 Å². The van der Waals surface area contributed by atoms with Crippen molar-refractivity contribution in [2.75, 3.05) is 6.61 Å². The zero-order chi connectivity index (χ0) is 16.2. The topological polar surface area (TPSA) is 9.23 Å². The van der Waals surface area contributed by atoms with E-state index in [0.29, 0.717) is 17.7 Å². The van der Waals surface area contributed by atoms with Crippen LogP contribution in [0.2, 0.25) is 0 Å². The first-order valence-corrected chi connectivity index (χ1v) is 7.16. The average Bonchev–Trinajstić information content (AvgIpc) is 2.46. The minimum atomic E-state index is -4.32. The lowest BCUT2D eigenvalue weighted by Crippen LogP contribution is -2.08. The van der Waals surface area contributed by atoms with E-state index in [9.17, 15) is 13.2 Å². The van der Waals surface area contributed by atoms with Gasteiger partial charge < -0.3 is 4.74 Å². The van der Waals surface area contributed by atoms with Gasteiger partial charge in [-0.05, 0) is 30.2 Å². The standard InChI is InChI=1S/C18H19F3O/c1-13-8-15(10-17(9-13)18(19,20)21)12-22-11-14(2)16-6-4-3-5-7-16/h3-10,14H,11-12H2,1-2H3. The molecule has 0 aliphatic rings. The average molecular weight is 308 g/mol. The summed E-state index contributed by atoms with van der Waals surface area (Å²) in [5, 5.41) is 0. The van der Waals surface area contributed by atoms with Gasteiger partial charge in [-0.1, -0.05) is 48.9 Å². The first-order valence-electron chi connectivity index (χ1n) is 7.16. The summed E-state index contributed by atoms with van der Waals surface area (Å²) in [6.07, 6.45) is -4.32. The normalized spacial score (nSPS) is 13.1. The minimum absolute atomic E-state index is 0.182. The molecule has 0 aliphatic heterocycles. The molecule has 4 heteroatoms. The lowest BCUT2D eigenvalue weighted by molar-refractivity contribution is -0.137. The van der Waals surface area contributed by atoms with E-state index in [0.717, 1.165) is 17.7 Å². The Morgan fingerprint density at radius 1 is 1.05 bits per heavy atom. The fourth-order valence-corrected chi connectivity index (χ4v) is 2.34. The van der Waals surface area contributed by atoms with Gasteiger partial charge in [-0.3, -0.25) is 0 Å². The highest BCUT2D eigenvalue weighted by atomic mass is 19.4. The van der Waals surface area contributed by atoms with E-state index in [1.807, 2.05) is 37.3 Å². The van der Waals surface area contributed by atoms with Crippen molar-refractivity contribution in [3.63, 3.8) is 0 Å². The fourth-order valence-electron chi connectivity index (χ4n) is 2.34. The molecule has 0 spiro atoms. The molecule has 22 heavy (non-hydrogen) atoms. The predicted octanol–water partition coefficient (Wildman–Crippen LogP) is 5.33. The van der Waals surface area contributed by atoms with Crippen molar-refractivity contribution in [1.82, 2.24) is 0 Å². The van der Waals surface area contributed by atoms with Crippen molar-refractivity contribution in [1.29, 1.82) is 0 Å². The second-order valence-electron chi connectivity index (χ2n) is 5.53. The molecule has 0 saturated heterocycles. The maximum atomic E-state index is 12.8. The third-order valence-corrected chi connectivity index (χ3v) is 3.47. The van der Waals surface area contributed by atoms with Gasteiger partial charge >= 0.3 is 6.18 Å². The number of halogens is 3. The molecule has 1 unspecified atom stereocenters. The molecule has 0 fully saturated rings. The number of rotatable bonds is 5. The summed E-state index contributed by atoms with van der Waals surface area (Å²) in [5.74, 6) is 0.202. The van der Waals surface area contributed by atoms with Crippen LogP contribution in [0.15, 0.2) is 48.5 Å². The zero-order valence-corrected chi connectivity index (χ0v) is 12.7. The molecule has 0 radical (unpaired) electrons. The number of aryl methyl sites for hydroxylation is 1. The van der Waals surface area contributed by atoms with Crippen LogP contribution in [0, 0.1) is 6.92 Å². The third kappa shape index (κ3) is 4.60. The molecule has 118 valence electrons. The van der Waals surface area contributed by atoms with E-state index >= 15 is 0 Å². The van der Waals surface area contributed by atoms with Crippen LogP contribution in [0.1, 0.15) is 35.1 Å². The Morgan fingerprint density at radius 3 is 2.36 bits per heavy atom. The maximum Gasteiger partial charge on any atom is 0.416 e. The van der Waals surface area contributed by atoms with Gasteiger partial charge in [-0.15, -0.1) is 0 Å². The van der Waals surface area contributed by atoms with Gasteiger partial charge in [0.1, 0.15) is 0 Å². The van der Waals surface area contributed by atoms with E-state index in [1.54, 1.807) is 13.0 Å². The summed E-state index contributed by atoms with van der Waals surface area (Å²) >= 11 is 0. The molecule has 0 saturated carbocycles. The van der Waals surface area contributed by atoms with Crippen LogP contribution in [-0.2, 0) is 17.5 Å². The van der Waals surface area contributed by atoms with Gasteiger partial charge in [0.2, 0.25) is 0 Å². The first-order chi connectivity index (χ1) is 10.4. The van der Waals surface area contributed by atoms with Crippen molar-refractivity contribution in [3.05, 3.63) is 70.8 Å². The molecular weight excluding hydrogens is 289 g/mol. The smallest absolute Gasteiger partial charge is 0.376 e. The zero-order valence-electron chi connectivity index (χ0n) is 12.7. The molecule has 0 aromatic heterocycles. The highest BCUT2D eigenvalue weighted by molar-refractivity contribution is 5.30. The van der Waals surface area contributed by atoms with Gasteiger partial charge in [0.25, 0.3) is 0 Å². The van der Waals surface area contributed by atoms with Crippen molar-refractivity contribution in [2.45, 2.75) is 32.5 Å². The van der Waals surface area contributed by atoms with E-state index < -0.39 is 11.7 Å². The molecule has 0 bridgehead atoms. The third-order valence-electron chi connectivity index (χ3n) is 3.47. The van der Waals surface area contributed by atoms with Crippen molar-refractivity contribution in [2.24, 2.45) is 0 Å². The summed E-state index contributed by atoms with van der Waals surface area (Å²) in [5.41, 5.74) is 1.67. The number of ether oxygens (including phenoxy) is 1. The minimum Gasteiger partial charge on any atom is -0.376 e. The highest BCUT2D eigenvalue weighted by Gasteiger charge is 2.30. The quantitative estimate of drug-likeness (QED) is 0.725. The van der Waals surface area contributed by atoms with Crippen LogP contribution >= 0.6 is 0 Å². The van der Waals surface area contributed by atoms with Crippen molar-refractivity contribution in [3.8, 4) is 0 Å². The number of hydrogen-bond acceptors (Lipinski definition) is 1. The van der Waals surface area contributed by atoms with E-state index in [4.69, 9.17) is 4.74 Å². The SMILES string of the molecule is Cc1cc(COCC(C)c2ccccc2)cc(C(F)(F)F)c1. The van der Waals surface area contributed by atoms with Gasteiger partial charge in [0.15, 0.2) is 0 Å². The first kappa shape index (κ1) is 16.6. The molecule has 2 rings (SSSR count). The maximum absolute atomic E-state index is 12.8. The van der Waals surface area contributed by atoms with Gasteiger partial charge in [-0.2, -0.15) is 13.2 Å². The summed E-state index contributed by atoms with van der Waals surface area (Å²) in [7, 11) is 0. The molecule has 2 aromatic rings. The van der Waals surface area contributed by atoms with Crippen molar-refractivity contribution < 1.29 is 17.9 Å². The summed E-state index contributed by atoms with van der Waals surface area (Å²) in [4.78, 5) is 0. The molecule has 0 heterocycles. The molecule has 0 N–H and O–H groups in total. The van der Waals surface area contributed by atoms with Gasteiger partial charge in [0, 0.05) is 5.92 Å². The van der Waals surface area contributed by atoms with Gasteiger partial charge in [-0.25, -0.2) is 0 Å². The Hall–Kier alpha value is -1.81. The number of benzene rings is 2. The molecular formula is C18H19F3O. The second-order valence-corrected chi connectivity index (χ2v) is 5.53. The summed E-state index contributed by atoms with van der Waals surface area (Å²) in [6, 6.07) is 13.9. The Morgan fingerprint density at radius 2 is 1.73 bits per heavy atom. The van der Waals surface area contributed by atoms with Gasteiger partial charge in [0.05, 0.1) is 18.8 Å². The largest absolute Gasteiger partial charge is 0.416 e. The van der Waals surface area contributed by atoms with E-state index in [1.165, 1.54) is 0 Å². The second kappa shape index (κ2) is 6.97. The highest BCUT2D eigenvalue weighted by Crippen LogP contribution is 2.30. The van der Waals surface area contributed by atoms with Crippen LogP contribution in [0.4, 0.5) is 13.2 Å². The van der Waals surface area contributed by atoms with Crippen LogP contribution in [0.3, 0.4) is 0 Å². The van der Waals surface area contributed by atoms with E-state index in [2.05, 4.69) is 0 Å². The molecule has 0 amide bonds. The van der Waals surface area contributed by atoms with Crippen LogP contribution < -0.4 is 0 Å². The molecule has 2 aromatic carbocycles. The summed E-state index contributed by atoms with van der Waals surface area (Å²) in [6.45, 7) is 4.35. The molecule has 0 aliphatic carbocycles. The number of hydrogen-bond donors (Lipinski definition) is 0. The molecule has 1 nitrogen and oxygen atoms in total. The number of alkyl halides is 3. The lowest BCUT2D eigenvalue weighted by Gasteiger charge is -2.14. The van der Waals surface area contributed by atoms with Crippen molar-refractivity contribution >= 4 is 0 Å². The van der Waals surface area contributed by atoms with Crippen LogP contribution in [-0.4, -0.2) is 6.61 Å². The summed E-state index contributed by atoms with van der Waals surface area (Å²) < 4.78 is 43.9. The molecule has 1 atom stereocenters. The Balaban J connectivity index is 1.96. The van der Waals surface area contributed by atoms with Crippen LogP contribution in [0.5, 0.6) is 0 Å². The Labute approximate surface area is 128 Å². The lowest BCUT2D eigenvalue weighted by atomic mass is 10.0. The monoisotopic (exact) mass is 308 g/mol. The Kier molecular flexibility index (Phi) is 5.24. The Bertz CT molecular complexity index is 605. The fraction of sp³-hybridized carbons (Fsp3) is 0.333. The predicted molar refractivity (Wildman–Crippen MR) is 80.7 cm³/mol.